The molecule has 0 radical (unpaired) electrons. The fourth-order valence-corrected chi connectivity index (χ4v) is 4.70. The van der Waals surface area contributed by atoms with E-state index in [1.54, 1.807) is 6.07 Å². The Kier molecular flexibility index (Phi) is 4.06. The fraction of sp³-hybridized carbons (Fsp3) is 0.333. The summed E-state index contributed by atoms with van der Waals surface area (Å²) >= 11 is 0. The lowest BCUT2D eigenvalue weighted by molar-refractivity contribution is 0.507. The lowest BCUT2D eigenvalue weighted by Gasteiger charge is -2.26. The van der Waals surface area contributed by atoms with Crippen molar-refractivity contribution in [3.05, 3.63) is 64.7 Å². The molecule has 0 saturated carbocycles. The van der Waals surface area contributed by atoms with Gasteiger partial charge in [-0.15, -0.1) is 0 Å². The highest BCUT2D eigenvalue weighted by Crippen LogP contribution is 2.31. The van der Waals surface area contributed by atoms with Crippen molar-refractivity contribution in [2.24, 2.45) is 0 Å². The molecule has 0 heterocycles. The van der Waals surface area contributed by atoms with Gasteiger partial charge in [0, 0.05) is 6.04 Å². The Hall–Kier alpha value is -1.65. The van der Waals surface area contributed by atoms with E-state index in [4.69, 9.17) is 0 Å². The normalized spacial score (nSPS) is 18.0. The van der Waals surface area contributed by atoms with Crippen LogP contribution in [0, 0.1) is 13.8 Å². The highest BCUT2D eigenvalue weighted by Gasteiger charge is 2.26. The third-order valence-electron chi connectivity index (χ3n) is 4.30. The van der Waals surface area contributed by atoms with E-state index in [-0.39, 0.29) is 6.04 Å². The molecule has 2 aromatic carbocycles. The van der Waals surface area contributed by atoms with Gasteiger partial charge >= 0.3 is 0 Å². The molecule has 3 nitrogen and oxygen atoms in total. The first-order valence-corrected chi connectivity index (χ1v) is 9.13. The van der Waals surface area contributed by atoms with Crippen molar-refractivity contribution >= 4 is 10.0 Å². The van der Waals surface area contributed by atoms with Gasteiger partial charge in [-0.25, -0.2) is 13.1 Å². The van der Waals surface area contributed by atoms with E-state index < -0.39 is 10.0 Å². The summed E-state index contributed by atoms with van der Waals surface area (Å²) in [7, 11) is -3.51. The molecule has 1 aliphatic carbocycles. The third-order valence-corrected chi connectivity index (χ3v) is 5.91. The van der Waals surface area contributed by atoms with Crippen molar-refractivity contribution in [2.75, 3.05) is 0 Å². The quantitative estimate of drug-likeness (QED) is 0.939. The van der Waals surface area contributed by atoms with Gasteiger partial charge in [0.1, 0.15) is 0 Å². The van der Waals surface area contributed by atoms with Crippen LogP contribution in [0.2, 0.25) is 0 Å². The second-order valence-corrected chi connectivity index (χ2v) is 7.72. The lowest BCUT2D eigenvalue weighted by Crippen LogP contribution is -2.31. The SMILES string of the molecule is Cc1ccc(C)c(S(=O)(=O)NC2CCCc3ccccc32)c1. The van der Waals surface area contributed by atoms with Crippen LogP contribution in [-0.4, -0.2) is 8.42 Å². The first kappa shape index (κ1) is 15.3. The second kappa shape index (κ2) is 5.86. The van der Waals surface area contributed by atoms with E-state index >= 15 is 0 Å². The predicted molar refractivity (Wildman–Crippen MR) is 88.4 cm³/mol. The first-order valence-electron chi connectivity index (χ1n) is 7.65. The molecule has 0 bridgehead atoms. The zero-order valence-electron chi connectivity index (χ0n) is 13.0. The summed E-state index contributed by atoms with van der Waals surface area (Å²) in [5.41, 5.74) is 4.10. The molecule has 2 aromatic rings. The van der Waals surface area contributed by atoms with Gasteiger partial charge in [0.25, 0.3) is 0 Å². The average Bonchev–Trinajstić information content (AvgIpc) is 2.50. The molecule has 3 rings (SSSR count). The van der Waals surface area contributed by atoms with Crippen LogP contribution < -0.4 is 4.72 Å². The van der Waals surface area contributed by atoms with Crippen molar-refractivity contribution in [2.45, 2.75) is 44.0 Å². The monoisotopic (exact) mass is 315 g/mol. The number of sulfonamides is 1. The number of hydrogen-bond acceptors (Lipinski definition) is 2. The molecule has 1 atom stereocenters. The van der Waals surface area contributed by atoms with E-state index in [1.165, 1.54) is 5.56 Å². The Morgan fingerprint density at radius 3 is 2.68 bits per heavy atom. The zero-order chi connectivity index (χ0) is 15.7. The van der Waals surface area contributed by atoms with Crippen LogP contribution in [0.4, 0.5) is 0 Å². The molecule has 0 amide bonds. The molecular weight excluding hydrogens is 294 g/mol. The molecule has 1 N–H and O–H groups in total. The Morgan fingerprint density at radius 2 is 1.86 bits per heavy atom. The van der Waals surface area contributed by atoms with Crippen LogP contribution in [-0.2, 0) is 16.4 Å². The van der Waals surface area contributed by atoms with Gasteiger partial charge in [-0.3, -0.25) is 0 Å². The molecule has 0 spiro atoms. The molecule has 4 heteroatoms. The van der Waals surface area contributed by atoms with Crippen LogP contribution in [0.3, 0.4) is 0 Å². The van der Waals surface area contributed by atoms with Gasteiger partial charge in [0.2, 0.25) is 10.0 Å². The predicted octanol–water partition coefficient (Wildman–Crippen LogP) is 3.66. The maximum atomic E-state index is 12.8. The van der Waals surface area contributed by atoms with E-state index in [1.807, 2.05) is 44.2 Å². The summed E-state index contributed by atoms with van der Waals surface area (Å²) in [5.74, 6) is 0. The standard InChI is InChI=1S/C18H21NO2S/c1-13-10-11-14(2)18(12-13)22(20,21)19-17-9-5-7-15-6-3-4-8-16(15)17/h3-4,6,8,10-12,17,19H,5,7,9H2,1-2H3. The number of hydrogen-bond donors (Lipinski definition) is 1. The van der Waals surface area contributed by atoms with Gasteiger partial charge in [0.15, 0.2) is 0 Å². The molecule has 1 unspecified atom stereocenters. The van der Waals surface area contributed by atoms with E-state index in [0.717, 1.165) is 36.0 Å². The van der Waals surface area contributed by atoms with Crippen molar-refractivity contribution in [3.63, 3.8) is 0 Å². The van der Waals surface area contributed by atoms with Gasteiger partial charge < -0.3 is 0 Å². The zero-order valence-corrected chi connectivity index (χ0v) is 13.8. The Morgan fingerprint density at radius 1 is 1.09 bits per heavy atom. The van der Waals surface area contributed by atoms with Crippen LogP contribution in [0.25, 0.3) is 0 Å². The van der Waals surface area contributed by atoms with Gasteiger partial charge in [-0.05, 0) is 61.4 Å². The summed E-state index contributed by atoms with van der Waals surface area (Å²) in [6.45, 7) is 3.75. The van der Waals surface area contributed by atoms with Crippen LogP contribution in [0.15, 0.2) is 47.4 Å². The van der Waals surface area contributed by atoms with Gasteiger partial charge in [-0.1, -0.05) is 36.4 Å². The van der Waals surface area contributed by atoms with Crippen LogP contribution in [0.1, 0.15) is 41.1 Å². The molecule has 0 fully saturated rings. The summed E-state index contributed by atoms with van der Waals surface area (Å²) < 4.78 is 28.5. The smallest absolute Gasteiger partial charge is 0.207 e. The average molecular weight is 315 g/mol. The van der Waals surface area contributed by atoms with Gasteiger partial charge in [0.05, 0.1) is 4.90 Å². The number of rotatable bonds is 3. The highest BCUT2D eigenvalue weighted by molar-refractivity contribution is 7.89. The molecular formula is C18H21NO2S. The van der Waals surface area contributed by atoms with Crippen molar-refractivity contribution < 1.29 is 8.42 Å². The maximum absolute atomic E-state index is 12.8. The summed E-state index contributed by atoms with van der Waals surface area (Å²) in [4.78, 5) is 0.385. The van der Waals surface area contributed by atoms with E-state index in [2.05, 4.69) is 10.8 Å². The van der Waals surface area contributed by atoms with E-state index in [9.17, 15) is 8.42 Å². The summed E-state index contributed by atoms with van der Waals surface area (Å²) in [5, 5.41) is 0. The van der Waals surface area contributed by atoms with Gasteiger partial charge in [-0.2, -0.15) is 0 Å². The molecule has 1 aliphatic rings. The number of nitrogens with one attached hydrogen (secondary N) is 1. The Bertz CT molecular complexity index is 796. The molecule has 0 aliphatic heterocycles. The summed E-state index contributed by atoms with van der Waals surface area (Å²) in [6, 6.07) is 13.5. The minimum atomic E-state index is -3.51. The number of aryl methyl sites for hydroxylation is 3. The summed E-state index contributed by atoms with van der Waals surface area (Å²) in [6.07, 6.45) is 2.88. The van der Waals surface area contributed by atoms with Crippen molar-refractivity contribution in [3.8, 4) is 0 Å². The van der Waals surface area contributed by atoms with Crippen molar-refractivity contribution in [1.82, 2.24) is 4.72 Å². The van der Waals surface area contributed by atoms with Crippen molar-refractivity contribution in [1.29, 1.82) is 0 Å². The number of benzene rings is 2. The largest absolute Gasteiger partial charge is 0.241 e. The maximum Gasteiger partial charge on any atom is 0.241 e. The van der Waals surface area contributed by atoms with E-state index in [0.29, 0.717) is 4.90 Å². The third kappa shape index (κ3) is 2.94. The Labute approximate surface area is 132 Å². The highest BCUT2D eigenvalue weighted by atomic mass is 32.2. The van der Waals surface area contributed by atoms with Crippen LogP contribution >= 0.6 is 0 Å². The fourth-order valence-electron chi connectivity index (χ4n) is 3.12. The van der Waals surface area contributed by atoms with Crippen LogP contribution in [0.5, 0.6) is 0 Å². The molecule has 116 valence electrons. The lowest BCUT2D eigenvalue weighted by atomic mass is 9.88. The number of fused-ring (bicyclic) bond motifs is 1. The first-order chi connectivity index (χ1) is 10.5. The molecule has 0 aromatic heterocycles. The molecule has 22 heavy (non-hydrogen) atoms. The topological polar surface area (TPSA) is 46.2 Å². The Balaban J connectivity index is 1.95. The minimum Gasteiger partial charge on any atom is -0.207 e. The minimum absolute atomic E-state index is 0.130. The second-order valence-electron chi connectivity index (χ2n) is 6.03. The molecule has 0 saturated heterocycles.